The zero-order chi connectivity index (χ0) is 22.7. The number of thioether (sulfide) groups is 1. The summed E-state index contributed by atoms with van der Waals surface area (Å²) in [4.78, 5) is 24.7. The van der Waals surface area contributed by atoms with Gasteiger partial charge in [-0.3, -0.25) is 4.90 Å². The fourth-order valence-corrected chi connectivity index (χ4v) is 4.40. The first-order chi connectivity index (χ1) is 15.4. The highest BCUT2D eigenvalue weighted by atomic mass is 32.2. The molecule has 1 fully saturated rings. The summed E-state index contributed by atoms with van der Waals surface area (Å²) in [6.45, 7) is 1.81. The number of benzene rings is 2. The zero-order valence-corrected chi connectivity index (χ0v) is 18.4. The quantitative estimate of drug-likeness (QED) is 0.665. The second-order valence-corrected chi connectivity index (χ2v) is 8.82. The lowest BCUT2D eigenvalue weighted by Gasteiger charge is -2.14. The summed E-state index contributed by atoms with van der Waals surface area (Å²) in [6.07, 6.45) is 0.520. The summed E-state index contributed by atoms with van der Waals surface area (Å²) in [5.41, 5.74) is 8.35. The molecule has 2 aliphatic heterocycles. The normalized spacial score (nSPS) is 17.9. The number of amides is 1. The number of nitrogens with two attached hydrogens (primary N) is 1. The van der Waals surface area contributed by atoms with Crippen LogP contribution in [-0.2, 0) is 15.3 Å². The number of hydrogen-bond donors (Lipinski definition) is 1. The topological polar surface area (TPSA) is 97.4 Å². The number of cyclic esters (lactones) is 1. The van der Waals surface area contributed by atoms with Gasteiger partial charge in [-0.25, -0.2) is 9.18 Å². The van der Waals surface area contributed by atoms with Gasteiger partial charge in [-0.05, 0) is 42.7 Å². The minimum atomic E-state index is -0.522. The monoisotopic (exact) mass is 454 g/mol. The molecule has 1 amide bonds. The van der Waals surface area contributed by atoms with Crippen molar-refractivity contribution in [1.29, 1.82) is 0 Å². The molecule has 0 aromatic heterocycles. The van der Waals surface area contributed by atoms with Crippen molar-refractivity contribution in [2.24, 2.45) is 15.9 Å². The van der Waals surface area contributed by atoms with Crippen LogP contribution in [0.15, 0.2) is 52.7 Å². The number of rotatable bonds is 7. The average molecular weight is 455 g/mol. The smallest absolute Gasteiger partial charge is 0.414 e. The molecule has 4 rings (SSSR count). The fourth-order valence-electron chi connectivity index (χ4n) is 3.53. The standard InChI is InChI=1S/C23H23FN4O3S/c1-14(29)2-8-18-12-28(23(30)31-18)17-7-9-19(20(24)10-17)16-5-3-15(4-6-16)13-32-22-11-21(25)26-27-22/h3-7,9-10,18H,2,8,11-13H2,1H3,(H2,25,26)/t18-/m0/s1. The van der Waals surface area contributed by atoms with Crippen LogP contribution < -0.4 is 10.6 Å². The van der Waals surface area contributed by atoms with Gasteiger partial charge in [0.1, 0.15) is 28.6 Å². The van der Waals surface area contributed by atoms with Gasteiger partial charge in [-0.2, -0.15) is 0 Å². The lowest BCUT2D eigenvalue weighted by molar-refractivity contribution is -0.117. The predicted octanol–water partition coefficient (Wildman–Crippen LogP) is 4.49. The highest BCUT2D eigenvalue weighted by Crippen LogP contribution is 2.30. The van der Waals surface area contributed by atoms with Crippen LogP contribution in [0.3, 0.4) is 0 Å². The number of nitrogens with zero attached hydrogens (tertiary/aromatic N) is 3. The molecule has 0 bridgehead atoms. The molecule has 166 valence electrons. The Morgan fingerprint density at radius 3 is 2.69 bits per heavy atom. The molecule has 1 saturated heterocycles. The van der Waals surface area contributed by atoms with Gasteiger partial charge in [-0.15, -0.1) is 22.0 Å². The molecule has 9 heteroatoms. The van der Waals surface area contributed by atoms with Gasteiger partial charge < -0.3 is 15.3 Å². The molecule has 7 nitrogen and oxygen atoms in total. The van der Waals surface area contributed by atoms with Gasteiger partial charge in [0.15, 0.2) is 0 Å². The molecule has 0 radical (unpaired) electrons. The van der Waals surface area contributed by atoms with Crippen molar-refractivity contribution in [3.63, 3.8) is 0 Å². The van der Waals surface area contributed by atoms with Gasteiger partial charge in [0.05, 0.1) is 18.7 Å². The molecule has 2 aromatic rings. The van der Waals surface area contributed by atoms with Crippen LogP contribution in [0, 0.1) is 5.82 Å². The van der Waals surface area contributed by atoms with E-state index in [4.69, 9.17) is 10.5 Å². The van der Waals surface area contributed by atoms with Crippen LogP contribution in [0.25, 0.3) is 11.1 Å². The van der Waals surface area contributed by atoms with Crippen molar-refractivity contribution >= 4 is 40.2 Å². The van der Waals surface area contributed by atoms with E-state index in [9.17, 15) is 14.0 Å². The summed E-state index contributed by atoms with van der Waals surface area (Å²) in [5, 5.41) is 8.73. The number of ketones is 1. The fraction of sp³-hybridized carbons (Fsp3) is 0.304. The summed E-state index contributed by atoms with van der Waals surface area (Å²) < 4.78 is 20.2. The third kappa shape index (κ3) is 5.16. The van der Waals surface area contributed by atoms with E-state index in [0.29, 0.717) is 42.9 Å². The van der Waals surface area contributed by atoms with Crippen molar-refractivity contribution in [1.82, 2.24) is 0 Å². The van der Waals surface area contributed by atoms with E-state index >= 15 is 0 Å². The Labute approximate surface area is 189 Å². The van der Waals surface area contributed by atoms with E-state index in [1.54, 1.807) is 23.9 Å². The summed E-state index contributed by atoms with van der Waals surface area (Å²) in [7, 11) is 0. The lowest BCUT2D eigenvalue weighted by atomic mass is 10.0. The van der Waals surface area contributed by atoms with Crippen LogP contribution in [-0.4, -0.2) is 35.4 Å². The number of carbonyl (C=O) groups excluding carboxylic acids is 2. The SMILES string of the molecule is CC(=O)CC[C@H]1CN(c2ccc(-c3ccc(CSC4=NN=C(N)C4)cc3)c(F)c2)C(=O)O1. The van der Waals surface area contributed by atoms with Gasteiger partial charge in [0.25, 0.3) is 0 Å². The first-order valence-electron chi connectivity index (χ1n) is 10.3. The first-order valence-corrected chi connectivity index (χ1v) is 11.3. The van der Waals surface area contributed by atoms with Crippen LogP contribution in [0.5, 0.6) is 0 Å². The van der Waals surface area contributed by atoms with E-state index in [2.05, 4.69) is 10.2 Å². The second-order valence-electron chi connectivity index (χ2n) is 7.77. The number of Topliss-reactive ketones (excluding diaryl/α,β-unsaturated/α-hetero) is 1. The molecular weight excluding hydrogens is 431 g/mol. The molecule has 2 aromatic carbocycles. The zero-order valence-electron chi connectivity index (χ0n) is 17.6. The van der Waals surface area contributed by atoms with Gasteiger partial charge >= 0.3 is 6.09 Å². The number of halogens is 1. The summed E-state index contributed by atoms with van der Waals surface area (Å²) in [6, 6.07) is 12.4. The van der Waals surface area contributed by atoms with Crippen molar-refractivity contribution < 1.29 is 18.7 Å². The number of ether oxygens (including phenoxy) is 1. The first kappa shape index (κ1) is 22.0. The number of carbonyl (C=O) groups is 2. The maximum absolute atomic E-state index is 14.9. The molecule has 2 heterocycles. The second kappa shape index (κ2) is 9.52. The molecule has 2 aliphatic rings. The molecule has 0 spiro atoms. The Morgan fingerprint density at radius 2 is 2.03 bits per heavy atom. The van der Waals surface area contributed by atoms with E-state index < -0.39 is 11.9 Å². The number of hydrogen-bond acceptors (Lipinski definition) is 7. The highest BCUT2D eigenvalue weighted by Gasteiger charge is 2.32. The third-order valence-electron chi connectivity index (χ3n) is 5.25. The Kier molecular flexibility index (Phi) is 6.55. The minimum absolute atomic E-state index is 0.0468. The highest BCUT2D eigenvalue weighted by molar-refractivity contribution is 8.13. The van der Waals surface area contributed by atoms with Gasteiger partial charge in [0, 0.05) is 17.7 Å². The molecule has 32 heavy (non-hydrogen) atoms. The van der Waals surface area contributed by atoms with Crippen molar-refractivity contribution in [3.8, 4) is 11.1 Å². The van der Waals surface area contributed by atoms with E-state index in [1.807, 2.05) is 24.3 Å². The number of anilines is 1. The molecule has 2 N–H and O–H groups in total. The van der Waals surface area contributed by atoms with Crippen LogP contribution >= 0.6 is 11.8 Å². The van der Waals surface area contributed by atoms with Gasteiger partial charge in [-0.1, -0.05) is 24.3 Å². The van der Waals surface area contributed by atoms with Crippen molar-refractivity contribution in [3.05, 3.63) is 53.8 Å². The Hall–Kier alpha value is -3.20. The summed E-state index contributed by atoms with van der Waals surface area (Å²) in [5.74, 6) is 0.879. The van der Waals surface area contributed by atoms with Crippen LogP contribution in [0.2, 0.25) is 0 Å². The molecule has 1 atom stereocenters. The predicted molar refractivity (Wildman–Crippen MR) is 124 cm³/mol. The maximum atomic E-state index is 14.9. The van der Waals surface area contributed by atoms with E-state index in [-0.39, 0.29) is 11.9 Å². The van der Waals surface area contributed by atoms with Gasteiger partial charge in [0.2, 0.25) is 0 Å². The van der Waals surface area contributed by atoms with Crippen molar-refractivity contribution in [2.75, 3.05) is 11.4 Å². The largest absolute Gasteiger partial charge is 0.444 e. The molecular formula is C23H23FN4O3S. The van der Waals surface area contributed by atoms with Crippen molar-refractivity contribution in [2.45, 2.75) is 38.0 Å². The molecule has 0 aliphatic carbocycles. The Bertz CT molecular complexity index is 1100. The minimum Gasteiger partial charge on any atom is -0.444 e. The van der Waals surface area contributed by atoms with E-state index in [1.165, 1.54) is 17.9 Å². The molecule has 0 saturated carbocycles. The number of amidine groups is 1. The Morgan fingerprint density at radius 1 is 1.25 bits per heavy atom. The Balaban J connectivity index is 1.40. The molecule has 0 unspecified atom stereocenters. The maximum Gasteiger partial charge on any atom is 0.414 e. The average Bonchev–Trinajstić information content (AvgIpc) is 3.36. The van der Waals surface area contributed by atoms with Crippen LogP contribution in [0.4, 0.5) is 14.9 Å². The third-order valence-corrected chi connectivity index (χ3v) is 6.29. The lowest BCUT2D eigenvalue weighted by Crippen LogP contribution is -2.24. The summed E-state index contributed by atoms with van der Waals surface area (Å²) >= 11 is 1.58. The van der Waals surface area contributed by atoms with E-state index in [0.717, 1.165) is 21.9 Å². The van der Waals surface area contributed by atoms with Crippen LogP contribution in [0.1, 0.15) is 31.7 Å².